The third-order valence-corrected chi connectivity index (χ3v) is 7.64. The van der Waals surface area contributed by atoms with Gasteiger partial charge in [0.25, 0.3) is 0 Å². The molecule has 4 rings (SSSR count). The fourth-order valence-corrected chi connectivity index (χ4v) is 5.87. The highest BCUT2D eigenvalue weighted by Crippen LogP contribution is 2.41. The topological polar surface area (TPSA) is 77.0 Å². The van der Waals surface area contributed by atoms with Crippen molar-refractivity contribution in [1.82, 2.24) is 15.1 Å². The van der Waals surface area contributed by atoms with E-state index in [9.17, 15) is 4.79 Å². The van der Waals surface area contributed by atoms with Crippen molar-refractivity contribution in [2.75, 3.05) is 25.9 Å². The number of benzene rings is 1. The van der Waals surface area contributed by atoms with Gasteiger partial charge in [0.2, 0.25) is 5.13 Å². The minimum atomic E-state index is -1.23. The van der Waals surface area contributed by atoms with Gasteiger partial charge >= 0.3 is 6.09 Å². The van der Waals surface area contributed by atoms with Crippen molar-refractivity contribution < 1.29 is 23.4 Å². The summed E-state index contributed by atoms with van der Waals surface area (Å²) in [5.74, 6) is 0.535. The molecule has 0 saturated carbocycles. The Kier molecular flexibility index (Phi) is 7.73. The van der Waals surface area contributed by atoms with Crippen molar-refractivity contribution >= 4 is 34.2 Å². The molecule has 1 amide bonds. The van der Waals surface area contributed by atoms with Crippen LogP contribution in [0.5, 0.6) is 5.75 Å². The predicted octanol–water partition coefficient (Wildman–Crippen LogP) is 5.55. The Labute approximate surface area is 214 Å². The maximum Gasteiger partial charge on any atom is 0.410 e. The van der Waals surface area contributed by atoms with Crippen molar-refractivity contribution in [1.29, 1.82) is 0 Å². The van der Waals surface area contributed by atoms with Gasteiger partial charge in [-0.2, -0.15) is 0 Å². The van der Waals surface area contributed by atoms with Crippen LogP contribution in [0, 0.1) is 0 Å². The summed E-state index contributed by atoms with van der Waals surface area (Å²) in [4.78, 5) is 16.4. The third kappa shape index (κ3) is 5.65. The molecule has 4 atom stereocenters. The lowest BCUT2D eigenvalue weighted by molar-refractivity contribution is -0.0466. The minimum absolute atomic E-state index is 0.0687. The molecule has 8 nitrogen and oxygen atoms in total. The normalized spacial score (nSPS) is 24.3. The Morgan fingerprint density at radius 3 is 2.80 bits per heavy atom. The van der Waals surface area contributed by atoms with Gasteiger partial charge in [-0.05, 0) is 64.7 Å². The van der Waals surface area contributed by atoms with E-state index in [2.05, 4.69) is 10.2 Å². The largest absolute Gasteiger partial charge is 0.467 e. The van der Waals surface area contributed by atoms with E-state index in [1.807, 2.05) is 38.8 Å². The lowest BCUT2D eigenvalue weighted by Gasteiger charge is -2.51. The Hall–Kier alpha value is -2.17. The number of piperidine rings is 2. The molecular weight excluding hydrogens is 495 g/mol. The number of halogens is 2. The zero-order chi connectivity index (χ0) is 25.3. The highest BCUT2D eigenvalue weighted by atomic mass is 35.5. The van der Waals surface area contributed by atoms with Gasteiger partial charge in [-0.3, -0.25) is 4.90 Å². The Morgan fingerprint density at radius 1 is 1.31 bits per heavy atom. The maximum absolute atomic E-state index is 15.9. The van der Waals surface area contributed by atoms with Gasteiger partial charge in [-0.15, -0.1) is 10.2 Å². The van der Waals surface area contributed by atoms with Gasteiger partial charge in [0.05, 0.1) is 17.6 Å². The Bertz CT molecular complexity index is 1050. The van der Waals surface area contributed by atoms with Crippen LogP contribution in [0.2, 0.25) is 5.02 Å². The number of amides is 1. The summed E-state index contributed by atoms with van der Waals surface area (Å²) < 4.78 is 32.2. The molecule has 11 heteroatoms. The van der Waals surface area contributed by atoms with E-state index in [4.69, 9.17) is 25.8 Å². The predicted molar refractivity (Wildman–Crippen MR) is 134 cm³/mol. The molecule has 2 aliphatic rings. The maximum atomic E-state index is 15.9. The number of alkyl halides is 1. The zero-order valence-electron chi connectivity index (χ0n) is 20.7. The van der Waals surface area contributed by atoms with Crippen LogP contribution in [0.3, 0.4) is 0 Å². The van der Waals surface area contributed by atoms with E-state index in [-0.39, 0.29) is 12.8 Å². The average Bonchev–Trinajstić information content (AvgIpc) is 3.28. The molecule has 0 spiro atoms. The van der Waals surface area contributed by atoms with Crippen molar-refractivity contribution in [3.63, 3.8) is 0 Å². The second-order valence-electron chi connectivity index (χ2n) is 9.98. The Morgan fingerprint density at radius 2 is 2.09 bits per heavy atom. The first kappa shape index (κ1) is 25.9. The van der Waals surface area contributed by atoms with E-state index < -0.39 is 29.9 Å². The van der Waals surface area contributed by atoms with Gasteiger partial charge in [-0.1, -0.05) is 22.9 Å². The number of methoxy groups -OCH3 is 1. The first-order valence-electron chi connectivity index (χ1n) is 11.7. The summed E-state index contributed by atoms with van der Waals surface area (Å²) in [6.45, 7) is 5.55. The van der Waals surface area contributed by atoms with Crippen molar-refractivity contribution in [2.24, 2.45) is 0 Å². The van der Waals surface area contributed by atoms with Crippen LogP contribution in [-0.4, -0.2) is 72.0 Å². The second kappa shape index (κ2) is 10.4. The molecule has 2 aliphatic heterocycles. The van der Waals surface area contributed by atoms with Crippen LogP contribution in [0.15, 0.2) is 18.2 Å². The van der Waals surface area contributed by atoms with Crippen LogP contribution >= 0.6 is 22.9 Å². The quantitative estimate of drug-likeness (QED) is 0.457. The summed E-state index contributed by atoms with van der Waals surface area (Å²) >= 11 is 7.49. The highest BCUT2D eigenvalue weighted by Gasteiger charge is 2.50. The van der Waals surface area contributed by atoms with Crippen molar-refractivity contribution in [2.45, 2.75) is 76.4 Å². The summed E-state index contributed by atoms with van der Waals surface area (Å²) in [6, 6.07) is 4.28. The number of hydrogen-bond acceptors (Lipinski definition) is 8. The molecule has 3 heterocycles. The van der Waals surface area contributed by atoms with Gasteiger partial charge in [0.1, 0.15) is 17.5 Å². The van der Waals surface area contributed by atoms with Gasteiger partial charge in [0.15, 0.2) is 11.8 Å². The lowest BCUT2D eigenvalue weighted by Crippen LogP contribution is -2.65. The Balaban J connectivity index is 1.54. The third-order valence-electron chi connectivity index (χ3n) is 6.36. The van der Waals surface area contributed by atoms with E-state index in [1.54, 1.807) is 24.1 Å². The number of fused-ring (bicyclic) bond motifs is 2. The number of anilines is 1. The summed E-state index contributed by atoms with van der Waals surface area (Å²) in [5, 5.41) is 10.5. The highest BCUT2D eigenvalue weighted by molar-refractivity contribution is 7.18. The monoisotopic (exact) mass is 526 g/mol. The van der Waals surface area contributed by atoms with Crippen LogP contribution in [0.25, 0.3) is 10.6 Å². The molecule has 2 fully saturated rings. The number of carbonyl (C=O) groups excluding carboxylic acids is 1. The molecular formula is C24H32ClFN4O4S. The molecule has 35 heavy (non-hydrogen) atoms. The number of carbonyl (C=O) groups is 1. The lowest BCUT2D eigenvalue weighted by atomic mass is 9.80. The molecule has 0 aliphatic carbocycles. The molecule has 0 unspecified atom stereocenters. The van der Waals surface area contributed by atoms with Crippen LogP contribution in [0.1, 0.15) is 46.5 Å². The van der Waals surface area contributed by atoms with E-state index in [0.717, 1.165) is 18.4 Å². The standard InChI is InChI=1S/C24H32ClFN4O4S/c1-24(2,3)34-23(31)30-15-7-6-8-17(30)20(26)18(12-15)29(4)22-28-27-21(35-22)16-10-9-14(25)11-19(16)33-13-32-5/h9-11,15,17-18,20H,6-8,12-13H2,1-5H3/t15-,17+,18-,20+/m1/s1. The molecule has 1 aromatic heterocycles. The fraction of sp³-hybridized carbons (Fsp3) is 0.625. The van der Waals surface area contributed by atoms with Gasteiger partial charge in [-0.25, -0.2) is 9.18 Å². The number of rotatable bonds is 6. The van der Waals surface area contributed by atoms with E-state index in [1.165, 1.54) is 11.3 Å². The first-order valence-corrected chi connectivity index (χ1v) is 12.9. The molecule has 0 radical (unpaired) electrons. The van der Waals surface area contributed by atoms with Crippen LogP contribution < -0.4 is 9.64 Å². The average molecular weight is 527 g/mol. The second-order valence-corrected chi connectivity index (χ2v) is 11.4. The molecule has 192 valence electrons. The number of aromatic nitrogens is 2. The summed E-state index contributed by atoms with van der Waals surface area (Å²) in [5.41, 5.74) is 0.110. The van der Waals surface area contributed by atoms with E-state index >= 15 is 4.39 Å². The summed E-state index contributed by atoms with van der Waals surface area (Å²) in [6.07, 6.45) is 1.20. The van der Waals surface area contributed by atoms with Crippen LogP contribution in [-0.2, 0) is 9.47 Å². The van der Waals surface area contributed by atoms with Gasteiger partial charge in [0, 0.05) is 25.2 Å². The zero-order valence-corrected chi connectivity index (χ0v) is 22.2. The summed E-state index contributed by atoms with van der Waals surface area (Å²) in [7, 11) is 3.38. The molecule has 2 saturated heterocycles. The van der Waals surface area contributed by atoms with Crippen molar-refractivity contribution in [3.8, 4) is 16.3 Å². The molecule has 2 aromatic rings. The SMILES string of the molecule is COCOc1cc(Cl)ccc1-c1nnc(N(C)[C@@H]2C[C@H]3CCC[C@@H]([C@@H]2F)N3C(=O)OC(C)(C)C)s1. The molecule has 2 bridgehead atoms. The van der Waals surface area contributed by atoms with E-state index in [0.29, 0.717) is 33.8 Å². The number of ether oxygens (including phenoxy) is 3. The fourth-order valence-electron chi connectivity index (χ4n) is 4.82. The van der Waals surface area contributed by atoms with Crippen LogP contribution in [0.4, 0.5) is 14.3 Å². The number of nitrogens with zero attached hydrogens (tertiary/aromatic N) is 4. The smallest absolute Gasteiger partial charge is 0.410 e. The minimum Gasteiger partial charge on any atom is -0.467 e. The first-order chi connectivity index (χ1) is 16.6. The number of hydrogen-bond donors (Lipinski definition) is 0. The van der Waals surface area contributed by atoms with Crippen molar-refractivity contribution in [3.05, 3.63) is 23.2 Å². The molecule has 0 N–H and O–H groups in total. The molecule has 1 aromatic carbocycles. The van der Waals surface area contributed by atoms with Gasteiger partial charge < -0.3 is 19.1 Å².